The predicted molar refractivity (Wildman–Crippen MR) is 131 cm³/mol. The Kier molecular flexibility index (Phi) is 5.47. The molecular weight excluding hydrogens is 521 g/mol. The van der Waals surface area contributed by atoms with E-state index in [4.69, 9.17) is 23.2 Å². The van der Waals surface area contributed by atoms with Gasteiger partial charge in [-0.15, -0.1) is 0 Å². The normalized spacial score (nSPS) is 28.6. The molecule has 37 heavy (non-hydrogen) atoms. The maximum Gasteiger partial charge on any atom is 0.273 e. The number of hydrogen-bond donors (Lipinski definition) is 0. The van der Waals surface area contributed by atoms with Gasteiger partial charge in [0.25, 0.3) is 23.4 Å². The minimum atomic E-state index is -0.764. The Labute approximate surface area is 220 Å². The van der Waals surface area contributed by atoms with Gasteiger partial charge in [0.1, 0.15) is 6.54 Å². The van der Waals surface area contributed by atoms with Gasteiger partial charge in [-0.2, -0.15) is 5.01 Å². The van der Waals surface area contributed by atoms with Gasteiger partial charge < -0.3 is 0 Å². The minimum absolute atomic E-state index is 0.0466. The summed E-state index contributed by atoms with van der Waals surface area (Å²) in [6.45, 7) is -0.622. The Morgan fingerprint density at radius 2 is 1.49 bits per heavy atom. The molecule has 9 nitrogen and oxygen atoms in total. The zero-order valence-corrected chi connectivity index (χ0v) is 20.6. The molecule has 0 spiro atoms. The Hall–Kier alpha value is -3.56. The zero-order chi connectivity index (χ0) is 26.2. The van der Waals surface area contributed by atoms with Crippen molar-refractivity contribution in [3.63, 3.8) is 0 Å². The van der Waals surface area contributed by atoms with Crippen LogP contribution in [0.5, 0.6) is 0 Å². The number of hydrogen-bond acceptors (Lipinski definition) is 6. The van der Waals surface area contributed by atoms with E-state index in [2.05, 4.69) is 0 Å². The van der Waals surface area contributed by atoms with Crippen molar-refractivity contribution in [1.82, 2.24) is 10.0 Å². The van der Waals surface area contributed by atoms with Crippen molar-refractivity contribution in [2.45, 2.75) is 6.42 Å². The summed E-state index contributed by atoms with van der Waals surface area (Å²) in [7, 11) is 0. The first-order chi connectivity index (χ1) is 17.7. The summed E-state index contributed by atoms with van der Waals surface area (Å²) in [5.41, 5.74) is -0.0573. The van der Waals surface area contributed by atoms with Crippen molar-refractivity contribution < 1.29 is 24.1 Å². The lowest BCUT2D eigenvalue weighted by molar-refractivity contribution is -0.384. The van der Waals surface area contributed by atoms with Gasteiger partial charge in [0.15, 0.2) is 5.78 Å². The molecular formula is C26H19Cl2N3O6. The number of carbonyl (C=O) groups excluding carboxylic acids is 4. The van der Waals surface area contributed by atoms with Crippen LogP contribution in [0.3, 0.4) is 0 Å². The average Bonchev–Trinajstić information content (AvgIpc) is 3.67. The largest absolute Gasteiger partial charge is 0.292 e. The van der Waals surface area contributed by atoms with Crippen LogP contribution in [0.1, 0.15) is 27.1 Å². The Morgan fingerprint density at radius 1 is 0.919 bits per heavy atom. The van der Waals surface area contributed by atoms with Crippen molar-refractivity contribution in [3.8, 4) is 0 Å². The maximum atomic E-state index is 13.7. The third-order valence-electron chi connectivity index (χ3n) is 7.98. The predicted octanol–water partition coefficient (Wildman–Crippen LogP) is 4.19. The van der Waals surface area contributed by atoms with Gasteiger partial charge in [-0.3, -0.25) is 29.3 Å². The number of nitro groups is 1. The van der Waals surface area contributed by atoms with Crippen LogP contribution in [0.2, 0.25) is 10.0 Å². The third-order valence-corrected chi connectivity index (χ3v) is 8.71. The molecule has 7 rings (SSSR count). The number of amides is 3. The smallest absolute Gasteiger partial charge is 0.273 e. The van der Waals surface area contributed by atoms with E-state index < -0.39 is 46.8 Å². The van der Waals surface area contributed by atoms with Gasteiger partial charge in [0, 0.05) is 23.3 Å². The number of allylic oxidation sites excluding steroid dienone is 2. The maximum absolute atomic E-state index is 13.7. The fourth-order valence-corrected chi connectivity index (χ4v) is 6.49. The molecule has 5 aliphatic rings. The first-order valence-corrected chi connectivity index (χ1v) is 12.5. The molecule has 11 heteroatoms. The number of carbonyl (C=O) groups is 4. The molecule has 0 unspecified atom stereocenters. The molecule has 1 heterocycles. The summed E-state index contributed by atoms with van der Waals surface area (Å²) >= 11 is 12.1. The molecule has 0 aromatic heterocycles. The van der Waals surface area contributed by atoms with Crippen LogP contribution in [-0.2, 0) is 9.59 Å². The van der Waals surface area contributed by atoms with Gasteiger partial charge in [0.2, 0.25) is 0 Å². The van der Waals surface area contributed by atoms with Gasteiger partial charge in [-0.25, -0.2) is 5.01 Å². The summed E-state index contributed by atoms with van der Waals surface area (Å²) in [5.74, 6) is -2.86. The van der Waals surface area contributed by atoms with E-state index in [1.807, 2.05) is 12.2 Å². The highest BCUT2D eigenvalue weighted by Crippen LogP contribution is 2.65. The highest BCUT2D eigenvalue weighted by Gasteiger charge is 2.68. The van der Waals surface area contributed by atoms with Crippen molar-refractivity contribution >= 4 is 52.4 Å². The number of benzene rings is 2. The second kappa shape index (κ2) is 8.49. The number of halogens is 2. The number of nitro benzene ring substituents is 1. The molecule has 0 N–H and O–H groups in total. The second-order valence-electron chi connectivity index (χ2n) is 9.86. The van der Waals surface area contributed by atoms with Gasteiger partial charge in [-0.05, 0) is 60.4 Å². The van der Waals surface area contributed by atoms with Crippen LogP contribution in [0.15, 0.2) is 54.6 Å². The number of hydrazine groups is 1. The molecule has 3 fully saturated rings. The molecule has 2 aromatic carbocycles. The van der Waals surface area contributed by atoms with Crippen LogP contribution in [0, 0.1) is 45.6 Å². The van der Waals surface area contributed by atoms with Gasteiger partial charge >= 0.3 is 0 Å². The van der Waals surface area contributed by atoms with Gasteiger partial charge in [0.05, 0.1) is 26.8 Å². The Morgan fingerprint density at radius 3 is 2.03 bits per heavy atom. The molecule has 2 bridgehead atoms. The number of imide groups is 1. The van der Waals surface area contributed by atoms with Crippen molar-refractivity contribution in [1.29, 1.82) is 0 Å². The number of Topliss-reactive ketones (excluding diaryl/α,β-unsaturated/α-hetero) is 1. The van der Waals surface area contributed by atoms with Crippen LogP contribution >= 0.6 is 23.2 Å². The highest BCUT2D eigenvalue weighted by molar-refractivity contribution is 6.42. The molecule has 4 aliphatic carbocycles. The van der Waals surface area contributed by atoms with E-state index in [-0.39, 0.29) is 38.7 Å². The van der Waals surface area contributed by atoms with E-state index >= 15 is 0 Å². The minimum Gasteiger partial charge on any atom is -0.292 e. The van der Waals surface area contributed by atoms with E-state index in [9.17, 15) is 29.3 Å². The lowest BCUT2D eigenvalue weighted by atomic mass is 9.63. The SMILES string of the molecule is O=C(CN(C(=O)c1ccc(Cl)c(Cl)c1)N1C(=O)[C@H]2[C@@H]3C=C[C@H]([C@H]4C[C@H]34)[C@@H]2C1=O)c1ccc([N+](=O)[O-])cc1. The number of nitrogens with zero attached hydrogens (tertiary/aromatic N) is 3. The average molecular weight is 540 g/mol. The number of rotatable bonds is 6. The summed E-state index contributed by atoms with van der Waals surface area (Å²) in [5, 5.41) is 13.0. The summed E-state index contributed by atoms with van der Waals surface area (Å²) in [6.07, 6.45) is 5.02. The summed E-state index contributed by atoms with van der Waals surface area (Å²) in [4.78, 5) is 64.6. The molecule has 188 valence electrons. The van der Waals surface area contributed by atoms with E-state index in [1.54, 1.807) is 0 Å². The molecule has 3 amide bonds. The fraction of sp³-hybridized carbons (Fsp3) is 0.308. The molecule has 2 saturated carbocycles. The summed E-state index contributed by atoms with van der Waals surface area (Å²) < 4.78 is 0. The van der Waals surface area contributed by atoms with Crippen LogP contribution in [0.4, 0.5) is 5.69 Å². The molecule has 6 atom stereocenters. The lowest BCUT2D eigenvalue weighted by Crippen LogP contribution is -2.52. The lowest BCUT2D eigenvalue weighted by Gasteiger charge is -2.37. The quantitative estimate of drug-likeness (QED) is 0.178. The van der Waals surface area contributed by atoms with Crippen molar-refractivity contribution in [2.75, 3.05) is 6.54 Å². The van der Waals surface area contributed by atoms with Crippen LogP contribution < -0.4 is 0 Å². The van der Waals surface area contributed by atoms with Crippen LogP contribution in [0.25, 0.3) is 0 Å². The molecule has 1 saturated heterocycles. The fourth-order valence-electron chi connectivity index (χ4n) is 6.19. The molecule has 2 aromatic rings. The Balaban J connectivity index is 1.35. The first-order valence-electron chi connectivity index (χ1n) is 11.8. The van der Waals surface area contributed by atoms with Gasteiger partial charge in [-0.1, -0.05) is 35.4 Å². The van der Waals surface area contributed by atoms with Crippen molar-refractivity contribution in [3.05, 3.63) is 85.9 Å². The standard InChI is InChI=1S/C26H19Cl2N3O6/c27-19-8-3-13(9-20(19)28)24(33)29(11-21(32)12-1-4-14(5-2-12)31(36)37)30-25(34)22-15-6-7-16(18-10-17(15)18)23(22)26(30)35/h1-9,15-18,22-23H,10-11H2/t15-,16-,17-,18-,22+,23+/m1/s1. The second-order valence-corrected chi connectivity index (χ2v) is 10.7. The Bertz CT molecular complexity index is 1390. The van der Waals surface area contributed by atoms with E-state index in [0.717, 1.165) is 16.4 Å². The third kappa shape index (κ3) is 3.67. The molecule has 1 aliphatic heterocycles. The molecule has 0 radical (unpaired) electrons. The highest BCUT2D eigenvalue weighted by atomic mass is 35.5. The van der Waals surface area contributed by atoms with E-state index in [0.29, 0.717) is 11.8 Å². The number of ketones is 1. The van der Waals surface area contributed by atoms with E-state index in [1.165, 1.54) is 42.5 Å². The summed E-state index contributed by atoms with van der Waals surface area (Å²) in [6, 6.07) is 9.02. The zero-order valence-electron chi connectivity index (χ0n) is 19.1. The van der Waals surface area contributed by atoms with Crippen LogP contribution in [-0.4, -0.2) is 45.0 Å². The monoisotopic (exact) mass is 539 g/mol. The number of non-ortho nitro benzene ring substituents is 1. The van der Waals surface area contributed by atoms with Crippen molar-refractivity contribution in [2.24, 2.45) is 35.5 Å². The first kappa shape index (κ1) is 23.8. The topological polar surface area (TPSA) is 118 Å².